The van der Waals surface area contributed by atoms with Gasteiger partial charge in [-0.1, -0.05) is 54.6 Å². The van der Waals surface area contributed by atoms with Gasteiger partial charge in [0, 0.05) is 18.0 Å². The largest absolute Gasteiger partial charge is 0.497 e. The average Bonchev–Trinajstić information content (AvgIpc) is 3.35. The number of methoxy groups -OCH3 is 1. The smallest absolute Gasteiger partial charge is 0.278 e. The minimum Gasteiger partial charge on any atom is -0.497 e. The molecule has 182 valence electrons. The average molecular weight is 489 g/mol. The summed E-state index contributed by atoms with van der Waals surface area (Å²) in [7, 11) is 1.61. The van der Waals surface area contributed by atoms with E-state index in [4.69, 9.17) is 4.74 Å². The highest BCUT2D eigenvalue weighted by molar-refractivity contribution is 6.22. The van der Waals surface area contributed by atoms with E-state index in [2.05, 4.69) is 26.0 Å². The Bertz CT molecular complexity index is 1490. The van der Waals surface area contributed by atoms with Crippen molar-refractivity contribution in [2.24, 2.45) is 0 Å². The molecule has 2 aromatic carbocycles. The second-order valence-electron chi connectivity index (χ2n) is 8.53. The number of hydrogen-bond acceptors (Lipinski definition) is 7. The Labute approximate surface area is 214 Å². The Morgan fingerprint density at radius 1 is 0.838 bits per heavy atom. The summed E-state index contributed by atoms with van der Waals surface area (Å²) >= 11 is 0. The van der Waals surface area contributed by atoms with Crippen molar-refractivity contribution in [3.8, 4) is 5.75 Å². The molecule has 0 saturated carbocycles. The van der Waals surface area contributed by atoms with E-state index in [1.807, 2.05) is 91.0 Å². The summed E-state index contributed by atoms with van der Waals surface area (Å²) in [6, 6.07) is 28.4. The number of nitrogens with zero attached hydrogens (tertiary/aromatic N) is 3. The van der Waals surface area contributed by atoms with E-state index in [9.17, 15) is 4.79 Å². The third kappa shape index (κ3) is 4.19. The van der Waals surface area contributed by atoms with Crippen LogP contribution in [0, 0.1) is 0 Å². The first kappa shape index (κ1) is 22.5. The Balaban J connectivity index is 1.51. The number of rotatable bonds is 6. The van der Waals surface area contributed by atoms with Gasteiger partial charge in [0.15, 0.2) is 0 Å². The van der Waals surface area contributed by atoms with E-state index in [1.54, 1.807) is 24.5 Å². The molecular formula is C29H24N6O2. The first-order valence-corrected chi connectivity index (χ1v) is 11.9. The summed E-state index contributed by atoms with van der Waals surface area (Å²) < 4.78 is 5.32. The summed E-state index contributed by atoms with van der Waals surface area (Å²) in [5.74, 6) is 2.30. The zero-order valence-electron chi connectivity index (χ0n) is 20.1. The van der Waals surface area contributed by atoms with Crippen LogP contribution in [0.25, 0.3) is 11.1 Å². The van der Waals surface area contributed by atoms with Crippen molar-refractivity contribution in [3.63, 3.8) is 0 Å². The van der Waals surface area contributed by atoms with Crippen molar-refractivity contribution in [1.82, 2.24) is 25.7 Å². The molecule has 0 aliphatic carbocycles. The summed E-state index contributed by atoms with van der Waals surface area (Å²) in [5.41, 5.74) is 7.31. The van der Waals surface area contributed by atoms with Gasteiger partial charge in [-0.3, -0.25) is 9.78 Å². The zero-order valence-corrected chi connectivity index (χ0v) is 20.1. The number of pyridine rings is 2. The lowest BCUT2D eigenvalue weighted by atomic mass is 9.96. The lowest BCUT2D eigenvalue weighted by Crippen LogP contribution is -2.47. The van der Waals surface area contributed by atoms with Crippen molar-refractivity contribution in [3.05, 3.63) is 132 Å². The highest BCUT2D eigenvalue weighted by atomic mass is 16.5. The van der Waals surface area contributed by atoms with Gasteiger partial charge < -0.3 is 15.4 Å². The molecule has 1 atom stereocenters. The van der Waals surface area contributed by atoms with Crippen LogP contribution in [0.15, 0.2) is 115 Å². The number of aromatic nitrogens is 2. The van der Waals surface area contributed by atoms with Gasteiger partial charge in [-0.15, -0.1) is 0 Å². The molecule has 8 heteroatoms. The molecule has 37 heavy (non-hydrogen) atoms. The number of anilines is 1. The van der Waals surface area contributed by atoms with Crippen LogP contribution < -0.4 is 20.8 Å². The van der Waals surface area contributed by atoms with Crippen molar-refractivity contribution < 1.29 is 9.53 Å². The molecule has 1 unspecified atom stereocenters. The minimum absolute atomic E-state index is 0.204. The molecule has 8 nitrogen and oxygen atoms in total. The summed E-state index contributed by atoms with van der Waals surface area (Å²) in [6.45, 7) is 0. The molecule has 4 aromatic rings. The normalized spacial score (nSPS) is 16.9. The van der Waals surface area contributed by atoms with Gasteiger partial charge in [0.2, 0.25) is 0 Å². The van der Waals surface area contributed by atoms with Crippen LogP contribution in [0.5, 0.6) is 5.75 Å². The Hall–Kier alpha value is -4.95. The maximum absolute atomic E-state index is 14.1. The van der Waals surface area contributed by atoms with Gasteiger partial charge in [-0.2, -0.15) is 0 Å². The number of fused-ring (bicyclic) bond motifs is 1. The van der Waals surface area contributed by atoms with Crippen molar-refractivity contribution in [2.75, 3.05) is 12.4 Å². The first-order chi connectivity index (χ1) is 18.2. The molecule has 2 aromatic heterocycles. The SMILES string of the molecule is COc1ccc(C2=C(Nc3ccccn3)NC3=C(c4ccccc4)C(c4ccccn4)NN3C2=O)cc1. The monoisotopic (exact) mass is 488 g/mol. The van der Waals surface area contributed by atoms with Crippen molar-refractivity contribution in [2.45, 2.75) is 6.04 Å². The van der Waals surface area contributed by atoms with E-state index in [0.717, 1.165) is 22.4 Å². The summed E-state index contributed by atoms with van der Waals surface area (Å²) in [6.07, 6.45) is 3.46. The molecule has 4 heterocycles. The van der Waals surface area contributed by atoms with Crippen LogP contribution in [0.1, 0.15) is 22.9 Å². The van der Waals surface area contributed by atoms with Gasteiger partial charge in [-0.05, 0) is 47.5 Å². The fourth-order valence-electron chi connectivity index (χ4n) is 4.56. The number of hydrogen-bond donors (Lipinski definition) is 3. The van der Waals surface area contributed by atoms with E-state index >= 15 is 0 Å². The molecule has 1 amide bonds. The molecule has 0 fully saturated rings. The summed E-state index contributed by atoms with van der Waals surface area (Å²) in [4.78, 5) is 23.1. The fraction of sp³-hybridized carbons (Fsp3) is 0.0690. The first-order valence-electron chi connectivity index (χ1n) is 11.9. The van der Waals surface area contributed by atoms with Gasteiger partial charge >= 0.3 is 0 Å². The molecular weight excluding hydrogens is 464 g/mol. The maximum Gasteiger partial charge on any atom is 0.278 e. The number of benzene rings is 2. The Morgan fingerprint density at radius 3 is 2.24 bits per heavy atom. The third-order valence-corrected chi connectivity index (χ3v) is 6.30. The van der Waals surface area contributed by atoms with Gasteiger partial charge in [0.05, 0.1) is 24.4 Å². The van der Waals surface area contributed by atoms with E-state index in [1.165, 1.54) is 0 Å². The van der Waals surface area contributed by atoms with E-state index in [0.29, 0.717) is 28.8 Å². The highest BCUT2D eigenvalue weighted by Crippen LogP contribution is 2.41. The maximum atomic E-state index is 14.1. The standard InChI is InChI=1S/C29H24N6O2/c1-37-21-15-13-20(14-16-21)25-27(32-23-12-6-8-18-31-23)33-28-24(19-9-3-2-4-10-19)26(34-35(28)29(25)36)22-11-5-7-17-30-22/h2-18,26,33-34H,1H3,(H,31,32). The van der Waals surface area contributed by atoms with Crippen molar-refractivity contribution >= 4 is 22.9 Å². The van der Waals surface area contributed by atoms with Gasteiger partial charge in [0.1, 0.15) is 23.2 Å². The van der Waals surface area contributed by atoms with E-state index in [-0.39, 0.29) is 11.9 Å². The van der Waals surface area contributed by atoms with Crippen LogP contribution in [0.4, 0.5) is 5.82 Å². The molecule has 0 saturated heterocycles. The quantitative estimate of drug-likeness (QED) is 0.372. The number of carbonyl (C=O) groups is 1. The van der Waals surface area contributed by atoms with E-state index < -0.39 is 0 Å². The molecule has 0 bridgehead atoms. The number of carbonyl (C=O) groups excluding carboxylic acids is 1. The minimum atomic E-state index is -0.332. The van der Waals surface area contributed by atoms with Gasteiger partial charge in [0.25, 0.3) is 5.91 Å². The predicted octanol–water partition coefficient (Wildman–Crippen LogP) is 4.33. The van der Waals surface area contributed by atoms with Crippen LogP contribution in [-0.4, -0.2) is 28.0 Å². The molecule has 0 radical (unpaired) electrons. The Kier molecular flexibility index (Phi) is 5.84. The second kappa shape index (κ2) is 9.60. The lowest BCUT2D eigenvalue weighted by Gasteiger charge is -2.31. The fourth-order valence-corrected chi connectivity index (χ4v) is 4.56. The van der Waals surface area contributed by atoms with Crippen LogP contribution in [-0.2, 0) is 4.79 Å². The molecule has 2 aliphatic rings. The van der Waals surface area contributed by atoms with Crippen molar-refractivity contribution in [1.29, 1.82) is 0 Å². The number of hydrazine groups is 1. The summed E-state index contributed by atoms with van der Waals surface area (Å²) in [5, 5.41) is 8.41. The Morgan fingerprint density at radius 2 is 1.57 bits per heavy atom. The molecule has 2 aliphatic heterocycles. The highest BCUT2D eigenvalue weighted by Gasteiger charge is 2.42. The number of amides is 1. The number of ether oxygens (including phenoxy) is 1. The predicted molar refractivity (Wildman–Crippen MR) is 141 cm³/mol. The second-order valence-corrected chi connectivity index (χ2v) is 8.53. The zero-order chi connectivity index (χ0) is 25.2. The van der Waals surface area contributed by atoms with Crippen LogP contribution in [0.2, 0.25) is 0 Å². The third-order valence-electron chi connectivity index (χ3n) is 6.30. The van der Waals surface area contributed by atoms with Crippen LogP contribution >= 0.6 is 0 Å². The number of nitrogens with one attached hydrogen (secondary N) is 3. The van der Waals surface area contributed by atoms with Gasteiger partial charge in [-0.25, -0.2) is 15.4 Å². The topological polar surface area (TPSA) is 91.4 Å². The molecule has 6 rings (SSSR count). The van der Waals surface area contributed by atoms with Crippen LogP contribution in [0.3, 0.4) is 0 Å². The molecule has 3 N–H and O–H groups in total. The molecule has 0 spiro atoms. The lowest BCUT2D eigenvalue weighted by molar-refractivity contribution is -0.126.